The minimum Gasteiger partial charge on any atom is -0.456 e. The first-order chi connectivity index (χ1) is 33.2. The molecule has 0 aliphatic carbocycles. The van der Waals surface area contributed by atoms with Crippen molar-refractivity contribution in [1.82, 2.24) is 9.97 Å². The number of aromatic nitrogens is 2. The molecule has 0 bridgehead atoms. The van der Waals surface area contributed by atoms with Crippen LogP contribution in [0.3, 0.4) is 0 Å². The molecule has 12 aromatic rings. The monoisotopic (exact) mass is 854 g/mol. The molecule has 0 fully saturated rings. The standard InChI is InChI=1S/C64H42N2O/c1-5-15-43(16-6-1)45-27-33-49(34-28-45)59-42-60(66-64(65-59)52-21-11-4-12-22-52)50-35-29-47(30-36-50)46-25-31-48(32-26-46)57-39-54(44-17-7-2-8-18-44)40-58(63(57)51-19-9-3-10-20-51)53-37-38-56-55-23-13-14-24-61(55)67-62(56)41-53/h1-42H. The zero-order valence-corrected chi connectivity index (χ0v) is 36.6. The van der Waals surface area contributed by atoms with Crippen molar-refractivity contribution in [2.24, 2.45) is 0 Å². The molecule has 0 unspecified atom stereocenters. The number of hydrogen-bond acceptors (Lipinski definition) is 3. The Hall–Kier alpha value is -8.92. The van der Waals surface area contributed by atoms with Gasteiger partial charge in [-0.05, 0) is 103 Å². The highest BCUT2D eigenvalue weighted by Crippen LogP contribution is 2.45. The number of fused-ring (bicyclic) bond motifs is 3. The molecule has 0 amide bonds. The van der Waals surface area contributed by atoms with Gasteiger partial charge in [-0.1, -0.05) is 218 Å². The number of rotatable bonds is 9. The first-order valence-corrected chi connectivity index (χ1v) is 22.7. The molecular weight excluding hydrogens is 813 g/mol. The van der Waals surface area contributed by atoms with Crippen LogP contribution >= 0.6 is 0 Å². The summed E-state index contributed by atoms with van der Waals surface area (Å²) in [6.07, 6.45) is 0. The molecular formula is C64H42N2O. The van der Waals surface area contributed by atoms with Crippen LogP contribution in [0.2, 0.25) is 0 Å². The average Bonchev–Trinajstić information content (AvgIpc) is 3.79. The molecule has 12 rings (SSSR count). The van der Waals surface area contributed by atoms with Gasteiger partial charge >= 0.3 is 0 Å². The summed E-state index contributed by atoms with van der Waals surface area (Å²) < 4.78 is 6.43. The van der Waals surface area contributed by atoms with E-state index in [-0.39, 0.29) is 0 Å². The van der Waals surface area contributed by atoms with Gasteiger partial charge in [0, 0.05) is 27.5 Å². The Labute approximate surface area is 390 Å². The Kier molecular flexibility index (Phi) is 10.2. The summed E-state index contributed by atoms with van der Waals surface area (Å²) in [4.78, 5) is 10.2. The maximum Gasteiger partial charge on any atom is 0.160 e. The van der Waals surface area contributed by atoms with Crippen molar-refractivity contribution < 1.29 is 4.42 Å². The molecule has 3 heteroatoms. The summed E-state index contributed by atoms with van der Waals surface area (Å²) in [5, 5.41) is 2.24. The molecule has 0 saturated carbocycles. The summed E-state index contributed by atoms with van der Waals surface area (Å²) in [5.74, 6) is 0.698. The van der Waals surface area contributed by atoms with Crippen molar-refractivity contribution >= 4 is 21.9 Å². The van der Waals surface area contributed by atoms with Crippen LogP contribution in [-0.2, 0) is 0 Å². The van der Waals surface area contributed by atoms with E-state index in [0.717, 1.165) is 94.5 Å². The Bertz CT molecular complexity index is 3680. The second-order valence-corrected chi connectivity index (χ2v) is 16.9. The SMILES string of the molecule is c1ccc(-c2ccc(-c3cc(-c4ccc(-c5ccc(-c6cc(-c7ccccc7)cc(-c7ccc8c(c7)oc7ccccc78)c6-c6ccccc6)cc5)cc4)nc(-c4ccccc4)n3)cc2)cc1. The Morgan fingerprint density at radius 3 is 1.18 bits per heavy atom. The van der Waals surface area contributed by atoms with E-state index in [1.54, 1.807) is 0 Å². The van der Waals surface area contributed by atoms with E-state index >= 15 is 0 Å². The van der Waals surface area contributed by atoms with Crippen molar-refractivity contribution in [2.45, 2.75) is 0 Å². The average molecular weight is 855 g/mol. The smallest absolute Gasteiger partial charge is 0.160 e. The molecule has 0 N–H and O–H groups in total. The van der Waals surface area contributed by atoms with Gasteiger partial charge in [-0.15, -0.1) is 0 Å². The van der Waals surface area contributed by atoms with Crippen molar-refractivity contribution in [1.29, 1.82) is 0 Å². The molecule has 0 radical (unpaired) electrons. The van der Waals surface area contributed by atoms with E-state index in [9.17, 15) is 0 Å². The van der Waals surface area contributed by atoms with Gasteiger partial charge in [-0.3, -0.25) is 0 Å². The molecule has 0 atom stereocenters. The van der Waals surface area contributed by atoms with Crippen LogP contribution in [0.1, 0.15) is 0 Å². The molecule has 2 aromatic heterocycles. The van der Waals surface area contributed by atoms with Gasteiger partial charge in [-0.25, -0.2) is 9.97 Å². The number of para-hydroxylation sites is 1. The van der Waals surface area contributed by atoms with Crippen molar-refractivity contribution in [2.75, 3.05) is 0 Å². The third-order valence-corrected chi connectivity index (χ3v) is 12.8. The third-order valence-electron chi connectivity index (χ3n) is 12.8. The lowest BCUT2D eigenvalue weighted by Crippen LogP contribution is -1.96. The fourth-order valence-electron chi connectivity index (χ4n) is 9.30. The minimum absolute atomic E-state index is 0.698. The van der Waals surface area contributed by atoms with E-state index in [0.29, 0.717) is 5.82 Å². The quantitative estimate of drug-likeness (QED) is 0.145. The molecule has 3 nitrogen and oxygen atoms in total. The van der Waals surface area contributed by atoms with Crippen molar-refractivity contribution in [3.05, 3.63) is 255 Å². The number of nitrogens with zero attached hydrogens (tertiary/aromatic N) is 2. The van der Waals surface area contributed by atoms with Crippen LogP contribution in [0.15, 0.2) is 259 Å². The number of furan rings is 1. The predicted molar refractivity (Wildman–Crippen MR) is 278 cm³/mol. The number of benzene rings is 10. The Balaban J connectivity index is 0.919. The summed E-state index contributed by atoms with van der Waals surface area (Å²) in [6, 6.07) is 90.2. The van der Waals surface area contributed by atoms with Crippen LogP contribution in [0, 0.1) is 0 Å². The topological polar surface area (TPSA) is 38.9 Å². The van der Waals surface area contributed by atoms with Gasteiger partial charge < -0.3 is 4.42 Å². The van der Waals surface area contributed by atoms with E-state index in [1.807, 2.05) is 36.4 Å². The fraction of sp³-hybridized carbons (Fsp3) is 0. The maximum atomic E-state index is 6.43. The maximum absolute atomic E-state index is 6.43. The lowest BCUT2D eigenvalue weighted by Gasteiger charge is -2.19. The molecule has 2 heterocycles. The zero-order valence-electron chi connectivity index (χ0n) is 36.6. The van der Waals surface area contributed by atoms with Crippen molar-refractivity contribution in [3.63, 3.8) is 0 Å². The van der Waals surface area contributed by atoms with E-state index < -0.39 is 0 Å². The normalized spacial score (nSPS) is 11.3. The van der Waals surface area contributed by atoms with E-state index in [2.05, 4.69) is 218 Å². The van der Waals surface area contributed by atoms with Crippen LogP contribution < -0.4 is 0 Å². The largest absolute Gasteiger partial charge is 0.456 e. The van der Waals surface area contributed by atoms with Gasteiger partial charge in [-0.2, -0.15) is 0 Å². The predicted octanol–water partition coefficient (Wildman–Crippen LogP) is 17.4. The highest BCUT2D eigenvalue weighted by molar-refractivity contribution is 6.07. The van der Waals surface area contributed by atoms with Crippen LogP contribution in [-0.4, -0.2) is 9.97 Å². The molecule has 0 aliphatic heterocycles. The van der Waals surface area contributed by atoms with Gasteiger partial charge in [0.15, 0.2) is 5.82 Å². The summed E-state index contributed by atoms with van der Waals surface area (Å²) >= 11 is 0. The molecule has 0 spiro atoms. The lowest BCUT2D eigenvalue weighted by atomic mass is 9.84. The van der Waals surface area contributed by atoms with Crippen molar-refractivity contribution in [3.8, 4) is 101 Å². The highest BCUT2D eigenvalue weighted by Gasteiger charge is 2.19. The lowest BCUT2D eigenvalue weighted by molar-refractivity contribution is 0.669. The molecule has 0 saturated heterocycles. The van der Waals surface area contributed by atoms with Gasteiger partial charge in [0.25, 0.3) is 0 Å². The Morgan fingerprint density at radius 2 is 0.627 bits per heavy atom. The van der Waals surface area contributed by atoms with Crippen LogP contribution in [0.5, 0.6) is 0 Å². The van der Waals surface area contributed by atoms with Crippen LogP contribution in [0.25, 0.3) is 123 Å². The fourth-order valence-corrected chi connectivity index (χ4v) is 9.30. The first kappa shape index (κ1) is 39.7. The van der Waals surface area contributed by atoms with Gasteiger partial charge in [0.05, 0.1) is 11.4 Å². The Morgan fingerprint density at radius 1 is 0.239 bits per heavy atom. The second kappa shape index (κ2) is 17.2. The van der Waals surface area contributed by atoms with Gasteiger partial charge in [0.1, 0.15) is 11.2 Å². The van der Waals surface area contributed by atoms with Gasteiger partial charge in [0.2, 0.25) is 0 Å². The molecule has 10 aromatic carbocycles. The third kappa shape index (κ3) is 7.79. The number of hydrogen-bond donors (Lipinski definition) is 0. The molecule has 314 valence electrons. The van der Waals surface area contributed by atoms with E-state index in [1.165, 1.54) is 22.3 Å². The molecule has 67 heavy (non-hydrogen) atoms. The first-order valence-electron chi connectivity index (χ1n) is 22.7. The second-order valence-electron chi connectivity index (χ2n) is 16.9. The zero-order chi connectivity index (χ0) is 44.5. The molecule has 0 aliphatic rings. The van der Waals surface area contributed by atoms with Crippen LogP contribution in [0.4, 0.5) is 0 Å². The highest BCUT2D eigenvalue weighted by atomic mass is 16.3. The summed E-state index contributed by atoms with van der Waals surface area (Å²) in [6.45, 7) is 0. The summed E-state index contributed by atoms with van der Waals surface area (Å²) in [7, 11) is 0. The minimum atomic E-state index is 0.698. The van der Waals surface area contributed by atoms with E-state index in [4.69, 9.17) is 14.4 Å². The summed E-state index contributed by atoms with van der Waals surface area (Å²) in [5.41, 5.74) is 20.4.